The van der Waals surface area contributed by atoms with Gasteiger partial charge < -0.3 is 10.6 Å². The number of benzene rings is 1. The van der Waals surface area contributed by atoms with E-state index in [1.165, 1.54) is 17.7 Å². The predicted molar refractivity (Wildman–Crippen MR) is 84.6 cm³/mol. The van der Waals surface area contributed by atoms with E-state index in [2.05, 4.69) is 21.8 Å². The van der Waals surface area contributed by atoms with Gasteiger partial charge in [0.15, 0.2) is 5.96 Å². The highest BCUT2D eigenvalue weighted by atomic mass is 15.3. The van der Waals surface area contributed by atoms with E-state index in [9.17, 15) is 0 Å². The first-order valence-electron chi connectivity index (χ1n) is 7.29. The van der Waals surface area contributed by atoms with Crippen molar-refractivity contribution < 1.29 is 0 Å². The lowest BCUT2D eigenvalue weighted by atomic mass is 10.2. The van der Waals surface area contributed by atoms with Crippen LogP contribution in [0.1, 0.15) is 23.4 Å². The first-order valence-corrected chi connectivity index (χ1v) is 7.29. The monoisotopic (exact) mass is 283 g/mol. The number of guanidine groups is 1. The SMILES string of the molecule is CN(C)C(N)=NCc1nn(-c2ccccc2)c2c1CCC2. The summed E-state index contributed by atoms with van der Waals surface area (Å²) in [7, 11) is 3.79. The van der Waals surface area contributed by atoms with Crippen LogP contribution in [0.5, 0.6) is 0 Å². The van der Waals surface area contributed by atoms with Gasteiger partial charge in [-0.3, -0.25) is 0 Å². The van der Waals surface area contributed by atoms with Crippen molar-refractivity contribution in [3.8, 4) is 5.69 Å². The van der Waals surface area contributed by atoms with Gasteiger partial charge in [-0.25, -0.2) is 9.67 Å². The molecule has 2 N–H and O–H groups in total. The second-order valence-corrected chi connectivity index (χ2v) is 5.54. The van der Waals surface area contributed by atoms with Gasteiger partial charge in [-0.2, -0.15) is 5.10 Å². The highest BCUT2D eigenvalue weighted by molar-refractivity contribution is 5.77. The van der Waals surface area contributed by atoms with Crippen molar-refractivity contribution in [2.24, 2.45) is 10.7 Å². The molecule has 1 aromatic carbocycles. The van der Waals surface area contributed by atoms with E-state index < -0.39 is 0 Å². The molecular formula is C16H21N5. The smallest absolute Gasteiger partial charge is 0.191 e. The Hall–Kier alpha value is -2.30. The number of nitrogens with zero attached hydrogens (tertiary/aromatic N) is 4. The maximum absolute atomic E-state index is 5.87. The maximum Gasteiger partial charge on any atom is 0.191 e. The van der Waals surface area contributed by atoms with Crippen molar-refractivity contribution in [3.05, 3.63) is 47.3 Å². The Kier molecular flexibility index (Phi) is 3.64. The Morgan fingerprint density at radius 2 is 2.05 bits per heavy atom. The van der Waals surface area contributed by atoms with Crippen molar-refractivity contribution in [1.29, 1.82) is 0 Å². The number of aliphatic imine (C=N–C) groups is 1. The van der Waals surface area contributed by atoms with E-state index in [1.54, 1.807) is 0 Å². The summed E-state index contributed by atoms with van der Waals surface area (Å²) < 4.78 is 2.07. The molecule has 21 heavy (non-hydrogen) atoms. The Labute approximate surface area is 125 Å². The van der Waals surface area contributed by atoms with Crippen molar-refractivity contribution in [1.82, 2.24) is 14.7 Å². The van der Waals surface area contributed by atoms with E-state index in [0.717, 1.165) is 24.2 Å². The van der Waals surface area contributed by atoms with E-state index >= 15 is 0 Å². The van der Waals surface area contributed by atoms with E-state index in [1.807, 2.05) is 37.2 Å². The molecule has 0 bridgehead atoms. The minimum atomic E-state index is 0.538. The molecule has 0 amide bonds. The van der Waals surface area contributed by atoms with Crippen LogP contribution >= 0.6 is 0 Å². The summed E-state index contributed by atoms with van der Waals surface area (Å²) in [6.07, 6.45) is 3.37. The number of hydrogen-bond acceptors (Lipinski definition) is 2. The zero-order valence-electron chi connectivity index (χ0n) is 12.6. The van der Waals surface area contributed by atoms with Gasteiger partial charge in [0.1, 0.15) is 0 Å². The van der Waals surface area contributed by atoms with Crippen LogP contribution in [-0.4, -0.2) is 34.7 Å². The lowest BCUT2D eigenvalue weighted by Gasteiger charge is -2.09. The molecule has 0 atom stereocenters. The fourth-order valence-corrected chi connectivity index (χ4v) is 2.72. The van der Waals surface area contributed by atoms with E-state index in [0.29, 0.717) is 12.5 Å². The Bertz CT molecular complexity index is 655. The van der Waals surface area contributed by atoms with Gasteiger partial charge in [0.25, 0.3) is 0 Å². The van der Waals surface area contributed by atoms with Gasteiger partial charge in [0.2, 0.25) is 0 Å². The average molecular weight is 283 g/mol. The Morgan fingerprint density at radius 3 is 2.76 bits per heavy atom. The van der Waals surface area contributed by atoms with Crippen LogP contribution in [0.25, 0.3) is 5.69 Å². The fourth-order valence-electron chi connectivity index (χ4n) is 2.72. The second-order valence-electron chi connectivity index (χ2n) is 5.54. The Morgan fingerprint density at radius 1 is 1.29 bits per heavy atom. The molecule has 1 aliphatic carbocycles. The third kappa shape index (κ3) is 2.63. The predicted octanol–water partition coefficient (Wildman–Crippen LogP) is 1.74. The number of aromatic nitrogens is 2. The maximum atomic E-state index is 5.87. The number of fused-ring (bicyclic) bond motifs is 1. The van der Waals surface area contributed by atoms with Gasteiger partial charge in [0.05, 0.1) is 17.9 Å². The molecule has 0 saturated heterocycles. The van der Waals surface area contributed by atoms with Crippen molar-refractivity contribution in [2.75, 3.05) is 14.1 Å². The molecule has 1 heterocycles. The number of nitrogens with two attached hydrogens (primary N) is 1. The first kappa shape index (κ1) is 13.7. The topological polar surface area (TPSA) is 59.4 Å². The molecule has 0 radical (unpaired) electrons. The van der Waals surface area contributed by atoms with Gasteiger partial charge in [-0.15, -0.1) is 0 Å². The average Bonchev–Trinajstić information content (AvgIpc) is 3.08. The molecule has 2 aromatic rings. The number of hydrogen-bond donors (Lipinski definition) is 1. The summed E-state index contributed by atoms with van der Waals surface area (Å²) in [4.78, 5) is 6.24. The molecule has 0 fully saturated rings. The first-order chi connectivity index (χ1) is 10.2. The lowest BCUT2D eigenvalue weighted by Crippen LogP contribution is -2.30. The highest BCUT2D eigenvalue weighted by Gasteiger charge is 2.22. The van der Waals surface area contributed by atoms with Gasteiger partial charge >= 0.3 is 0 Å². The van der Waals surface area contributed by atoms with Crippen LogP contribution in [0.15, 0.2) is 35.3 Å². The summed E-state index contributed by atoms with van der Waals surface area (Å²) in [5.74, 6) is 0.538. The molecule has 3 rings (SSSR count). The second kappa shape index (κ2) is 5.60. The minimum absolute atomic E-state index is 0.538. The molecule has 5 heteroatoms. The van der Waals surface area contributed by atoms with Crippen molar-refractivity contribution >= 4 is 5.96 Å². The molecule has 0 saturated carbocycles. The summed E-state index contributed by atoms with van der Waals surface area (Å²) in [5, 5.41) is 4.77. The quantitative estimate of drug-likeness (QED) is 0.689. The molecule has 0 spiro atoms. The molecule has 0 aliphatic heterocycles. The number of rotatable bonds is 3. The number of para-hydroxylation sites is 1. The van der Waals surface area contributed by atoms with Crippen LogP contribution in [0, 0.1) is 0 Å². The van der Waals surface area contributed by atoms with Crippen LogP contribution < -0.4 is 5.73 Å². The zero-order valence-corrected chi connectivity index (χ0v) is 12.6. The van der Waals surface area contributed by atoms with E-state index in [4.69, 9.17) is 10.8 Å². The summed E-state index contributed by atoms with van der Waals surface area (Å²) in [5.41, 5.74) is 10.7. The molecule has 110 valence electrons. The standard InChI is InChI=1S/C16H21N5/c1-20(2)16(17)18-11-14-13-9-6-10-15(13)21(19-14)12-7-4-3-5-8-12/h3-5,7-8H,6,9-11H2,1-2H3,(H2,17,18). The highest BCUT2D eigenvalue weighted by Crippen LogP contribution is 2.28. The van der Waals surface area contributed by atoms with E-state index in [-0.39, 0.29) is 0 Å². The molecular weight excluding hydrogens is 262 g/mol. The van der Waals surface area contributed by atoms with Gasteiger partial charge in [-0.1, -0.05) is 18.2 Å². The molecule has 0 unspecified atom stereocenters. The van der Waals surface area contributed by atoms with Crippen molar-refractivity contribution in [3.63, 3.8) is 0 Å². The summed E-state index contributed by atoms with van der Waals surface area (Å²) >= 11 is 0. The van der Waals surface area contributed by atoms with Crippen molar-refractivity contribution in [2.45, 2.75) is 25.8 Å². The largest absolute Gasteiger partial charge is 0.370 e. The molecule has 1 aliphatic rings. The van der Waals surface area contributed by atoms with Gasteiger partial charge in [-0.05, 0) is 37.0 Å². The third-order valence-electron chi connectivity index (χ3n) is 3.86. The Balaban J connectivity index is 1.95. The van der Waals surface area contributed by atoms with Crippen LogP contribution in [0.2, 0.25) is 0 Å². The summed E-state index contributed by atoms with van der Waals surface area (Å²) in [6.45, 7) is 0.548. The normalized spacial score (nSPS) is 14.3. The third-order valence-corrected chi connectivity index (χ3v) is 3.86. The molecule has 5 nitrogen and oxygen atoms in total. The van der Waals surface area contributed by atoms with Crippen LogP contribution in [0.4, 0.5) is 0 Å². The fraction of sp³-hybridized carbons (Fsp3) is 0.375. The van der Waals surface area contributed by atoms with Crippen LogP contribution in [-0.2, 0) is 19.4 Å². The lowest BCUT2D eigenvalue weighted by molar-refractivity contribution is 0.608. The summed E-state index contributed by atoms with van der Waals surface area (Å²) in [6, 6.07) is 10.3. The van der Waals surface area contributed by atoms with Crippen LogP contribution in [0.3, 0.4) is 0 Å². The van der Waals surface area contributed by atoms with Gasteiger partial charge in [0, 0.05) is 19.8 Å². The molecule has 1 aromatic heterocycles. The zero-order chi connectivity index (χ0) is 14.8. The minimum Gasteiger partial charge on any atom is -0.370 e.